The number of likely N-dealkylation sites (N-methyl/N-ethyl adjacent to an activating group) is 1. The fourth-order valence-corrected chi connectivity index (χ4v) is 2.21. The van der Waals surface area contributed by atoms with E-state index in [2.05, 4.69) is 11.4 Å². The van der Waals surface area contributed by atoms with Crippen LogP contribution in [0, 0.1) is 16.7 Å². The number of nitrogens with zero attached hydrogens (tertiary/aromatic N) is 2. The van der Waals surface area contributed by atoms with Crippen molar-refractivity contribution in [3.63, 3.8) is 0 Å². The number of carbonyl (C=O) groups is 2. The molecular weight excluding hydrogens is 230 g/mol. The second kappa shape index (κ2) is 5.85. The molecule has 1 aliphatic rings. The van der Waals surface area contributed by atoms with Gasteiger partial charge in [-0.15, -0.1) is 0 Å². The number of hydrogen-bond acceptors (Lipinski definition) is 3. The predicted octanol–water partition coefficient (Wildman–Crippen LogP) is 1.05. The van der Waals surface area contributed by atoms with Gasteiger partial charge in [-0.25, -0.2) is 0 Å². The van der Waals surface area contributed by atoms with Crippen molar-refractivity contribution >= 4 is 11.8 Å². The molecule has 5 nitrogen and oxygen atoms in total. The zero-order valence-electron chi connectivity index (χ0n) is 11.3. The maximum Gasteiger partial charge on any atom is 0.243 e. The molecule has 1 fully saturated rings. The molecular formula is C13H21N3O2. The maximum atomic E-state index is 12.4. The minimum Gasteiger partial charge on any atom is -0.357 e. The van der Waals surface area contributed by atoms with Gasteiger partial charge in [0.05, 0.1) is 6.07 Å². The molecule has 2 atom stereocenters. The monoisotopic (exact) mass is 251 g/mol. The third-order valence-electron chi connectivity index (χ3n) is 3.74. The van der Waals surface area contributed by atoms with Crippen molar-refractivity contribution in [2.24, 2.45) is 5.41 Å². The van der Waals surface area contributed by atoms with Crippen molar-refractivity contribution in [1.29, 1.82) is 5.26 Å². The SMILES string of the molecule is CCC(C)(C#N)C(=O)N1CCCCC1C(=O)NC. The van der Waals surface area contributed by atoms with Gasteiger partial charge in [0.15, 0.2) is 0 Å². The quantitative estimate of drug-likeness (QED) is 0.815. The number of piperidine rings is 1. The first kappa shape index (κ1) is 14.5. The van der Waals surface area contributed by atoms with E-state index in [0.717, 1.165) is 12.8 Å². The molecule has 1 aliphatic heterocycles. The summed E-state index contributed by atoms with van der Waals surface area (Å²) in [4.78, 5) is 25.8. The number of hydrogen-bond donors (Lipinski definition) is 1. The molecule has 0 aromatic rings. The molecule has 2 unspecified atom stereocenters. The summed E-state index contributed by atoms with van der Waals surface area (Å²) in [5, 5.41) is 11.8. The van der Waals surface area contributed by atoms with Crippen molar-refractivity contribution in [2.75, 3.05) is 13.6 Å². The maximum absolute atomic E-state index is 12.4. The highest BCUT2D eigenvalue weighted by Gasteiger charge is 2.40. The van der Waals surface area contributed by atoms with Crippen LogP contribution in [0.4, 0.5) is 0 Å². The largest absolute Gasteiger partial charge is 0.357 e. The highest BCUT2D eigenvalue weighted by molar-refractivity contribution is 5.91. The van der Waals surface area contributed by atoms with Crippen molar-refractivity contribution in [2.45, 2.75) is 45.6 Å². The van der Waals surface area contributed by atoms with Crippen LogP contribution < -0.4 is 5.32 Å². The second-order valence-electron chi connectivity index (χ2n) is 4.92. The molecule has 0 spiro atoms. The molecule has 0 aromatic carbocycles. The van der Waals surface area contributed by atoms with Crippen LogP contribution in [0.15, 0.2) is 0 Å². The van der Waals surface area contributed by atoms with Gasteiger partial charge >= 0.3 is 0 Å². The molecule has 18 heavy (non-hydrogen) atoms. The Balaban J connectivity index is 2.94. The van der Waals surface area contributed by atoms with Crippen LogP contribution in [-0.2, 0) is 9.59 Å². The van der Waals surface area contributed by atoms with Gasteiger partial charge in [-0.1, -0.05) is 6.92 Å². The summed E-state index contributed by atoms with van der Waals surface area (Å²) in [7, 11) is 1.57. The molecule has 0 radical (unpaired) electrons. The van der Waals surface area contributed by atoms with Gasteiger partial charge < -0.3 is 10.2 Å². The first-order chi connectivity index (χ1) is 8.50. The molecule has 5 heteroatoms. The molecule has 1 saturated heterocycles. The standard InChI is InChI=1S/C13H21N3O2/c1-4-13(2,9-14)12(18)16-8-6-5-7-10(16)11(17)15-3/h10H,4-8H2,1-3H3,(H,15,17). The van der Waals surface area contributed by atoms with Crippen LogP contribution in [-0.4, -0.2) is 36.3 Å². The number of carbonyl (C=O) groups excluding carboxylic acids is 2. The Bertz CT molecular complexity index is 375. The molecule has 0 aromatic heterocycles. The van der Waals surface area contributed by atoms with Gasteiger partial charge in [0.25, 0.3) is 0 Å². The van der Waals surface area contributed by atoms with Crippen LogP contribution in [0.2, 0.25) is 0 Å². The summed E-state index contributed by atoms with van der Waals surface area (Å²) >= 11 is 0. The van der Waals surface area contributed by atoms with E-state index in [-0.39, 0.29) is 11.8 Å². The van der Waals surface area contributed by atoms with Gasteiger partial charge in [0.2, 0.25) is 11.8 Å². The van der Waals surface area contributed by atoms with Crippen LogP contribution in [0.25, 0.3) is 0 Å². The van der Waals surface area contributed by atoms with E-state index < -0.39 is 11.5 Å². The predicted molar refractivity (Wildman–Crippen MR) is 67.4 cm³/mol. The normalized spacial score (nSPS) is 22.8. The number of nitrogens with one attached hydrogen (secondary N) is 1. The van der Waals surface area contributed by atoms with Gasteiger partial charge in [-0.2, -0.15) is 5.26 Å². The molecule has 1 heterocycles. The van der Waals surface area contributed by atoms with Crippen molar-refractivity contribution in [1.82, 2.24) is 10.2 Å². The minimum atomic E-state index is -1.02. The lowest BCUT2D eigenvalue weighted by Gasteiger charge is -2.37. The van der Waals surface area contributed by atoms with Crippen LogP contribution >= 0.6 is 0 Å². The summed E-state index contributed by atoms with van der Waals surface area (Å²) in [6.45, 7) is 4.03. The van der Waals surface area contributed by atoms with E-state index in [9.17, 15) is 14.9 Å². The van der Waals surface area contributed by atoms with Gasteiger partial charge in [0.1, 0.15) is 11.5 Å². The van der Waals surface area contributed by atoms with Crippen molar-refractivity contribution in [3.05, 3.63) is 0 Å². The summed E-state index contributed by atoms with van der Waals surface area (Å²) in [5.41, 5.74) is -1.02. The van der Waals surface area contributed by atoms with E-state index in [1.807, 2.05) is 6.92 Å². The van der Waals surface area contributed by atoms with E-state index in [0.29, 0.717) is 19.4 Å². The average molecular weight is 251 g/mol. The lowest BCUT2D eigenvalue weighted by Crippen LogP contribution is -2.54. The Morgan fingerprint density at radius 3 is 2.67 bits per heavy atom. The Labute approximate surface area is 108 Å². The number of amides is 2. The molecule has 100 valence electrons. The van der Waals surface area contributed by atoms with Gasteiger partial charge in [0, 0.05) is 13.6 Å². The molecule has 1 rings (SSSR count). The average Bonchev–Trinajstić information content (AvgIpc) is 2.44. The second-order valence-corrected chi connectivity index (χ2v) is 4.92. The Morgan fingerprint density at radius 2 is 2.17 bits per heavy atom. The van der Waals surface area contributed by atoms with E-state index in [1.54, 1.807) is 18.9 Å². The van der Waals surface area contributed by atoms with Gasteiger partial charge in [-0.05, 0) is 32.6 Å². The van der Waals surface area contributed by atoms with Crippen LogP contribution in [0.3, 0.4) is 0 Å². The smallest absolute Gasteiger partial charge is 0.243 e. The minimum absolute atomic E-state index is 0.139. The highest BCUT2D eigenvalue weighted by Crippen LogP contribution is 2.27. The number of nitriles is 1. The third kappa shape index (κ3) is 2.63. The lowest BCUT2D eigenvalue weighted by atomic mass is 9.86. The lowest BCUT2D eigenvalue weighted by molar-refractivity contribution is -0.147. The fourth-order valence-electron chi connectivity index (χ4n) is 2.21. The number of rotatable bonds is 3. The zero-order chi connectivity index (χ0) is 13.8. The first-order valence-corrected chi connectivity index (χ1v) is 6.44. The molecule has 0 bridgehead atoms. The third-order valence-corrected chi connectivity index (χ3v) is 3.74. The Kier molecular flexibility index (Phi) is 4.71. The molecule has 0 saturated carbocycles. The summed E-state index contributed by atoms with van der Waals surface area (Å²) < 4.78 is 0. The van der Waals surface area contributed by atoms with Crippen LogP contribution in [0.1, 0.15) is 39.5 Å². The fraction of sp³-hybridized carbons (Fsp3) is 0.769. The molecule has 2 amide bonds. The Morgan fingerprint density at radius 1 is 1.50 bits per heavy atom. The van der Waals surface area contributed by atoms with Crippen molar-refractivity contribution in [3.8, 4) is 6.07 Å². The summed E-state index contributed by atoms with van der Waals surface area (Å²) in [5.74, 6) is -0.361. The van der Waals surface area contributed by atoms with E-state index in [1.165, 1.54) is 0 Å². The van der Waals surface area contributed by atoms with E-state index >= 15 is 0 Å². The molecule has 1 N–H and O–H groups in total. The van der Waals surface area contributed by atoms with Crippen LogP contribution in [0.5, 0.6) is 0 Å². The summed E-state index contributed by atoms with van der Waals surface area (Å²) in [6, 6.07) is 1.66. The first-order valence-electron chi connectivity index (χ1n) is 6.44. The number of likely N-dealkylation sites (tertiary alicyclic amines) is 1. The topological polar surface area (TPSA) is 73.2 Å². The van der Waals surface area contributed by atoms with E-state index in [4.69, 9.17) is 0 Å². The zero-order valence-corrected chi connectivity index (χ0v) is 11.3. The molecule has 0 aliphatic carbocycles. The highest BCUT2D eigenvalue weighted by atomic mass is 16.2. The summed E-state index contributed by atoms with van der Waals surface area (Å²) in [6.07, 6.45) is 2.97. The Hall–Kier alpha value is -1.57. The van der Waals surface area contributed by atoms with Gasteiger partial charge in [-0.3, -0.25) is 9.59 Å². The van der Waals surface area contributed by atoms with Crippen molar-refractivity contribution < 1.29 is 9.59 Å².